The average molecular weight is 603 g/mol. The van der Waals surface area contributed by atoms with Crippen molar-refractivity contribution in [2.75, 3.05) is 33.4 Å². The van der Waals surface area contributed by atoms with Gasteiger partial charge >= 0.3 is 11.9 Å². The van der Waals surface area contributed by atoms with Crippen LogP contribution in [0.3, 0.4) is 0 Å². The molecule has 8 nitrogen and oxygen atoms in total. The first-order valence-electron chi connectivity index (χ1n) is 16.7. The van der Waals surface area contributed by atoms with E-state index < -0.39 is 39.7 Å². The van der Waals surface area contributed by atoms with E-state index in [1.165, 1.54) is 6.92 Å². The fourth-order valence-corrected chi connectivity index (χ4v) is 11.3. The SMILES string of the molecule is C[NH2+]CCO[C@H]1[C@H](OC(C)=O)C[C@@]23COC[C@@]1(C)[C@@H]2CC[C@H]1C3=CC(=O)[C@@]2(C)[C@H](C(=O)O)[C@@](C)([C@H](C)C(C)C)CC[C@]12C. The molecule has 8 heteroatoms. The van der Waals surface area contributed by atoms with Crippen LogP contribution < -0.4 is 5.32 Å². The van der Waals surface area contributed by atoms with Gasteiger partial charge in [-0.15, -0.1) is 0 Å². The van der Waals surface area contributed by atoms with Gasteiger partial charge in [0.2, 0.25) is 0 Å². The Morgan fingerprint density at radius 2 is 1.81 bits per heavy atom. The molecule has 0 unspecified atom stereocenters. The van der Waals surface area contributed by atoms with Crippen LogP contribution in [0, 0.1) is 56.7 Å². The maximum atomic E-state index is 14.7. The van der Waals surface area contributed by atoms with Crippen LogP contribution >= 0.6 is 0 Å². The van der Waals surface area contributed by atoms with Gasteiger partial charge in [-0.05, 0) is 72.7 Å². The van der Waals surface area contributed by atoms with Crippen molar-refractivity contribution in [3.63, 3.8) is 0 Å². The monoisotopic (exact) mass is 602 g/mol. The number of rotatable bonds is 8. The quantitative estimate of drug-likeness (QED) is 0.315. The summed E-state index contributed by atoms with van der Waals surface area (Å²) in [5, 5.41) is 13.0. The van der Waals surface area contributed by atoms with Crippen molar-refractivity contribution >= 4 is 17.7 Å². The van der Waals surface area contributed by atoms with E-state index in [9.17, 15) is 19.5 Å². The molecule has 5 rings (SSSR count). The molecule has 4 aliphatic carbocycles. The number of carboxylic acids is 1. The van der Waals surface area contributed by atoms with Crippen molar-refractivity contribution in [1.29, 1.82) is 0 Å². The molecule has 0 aromatic carbocycles. The summed E-state index contributed by atoms with van der Waals surface area (Å²) >= 11 is 0. The minimum atomic E-state index is -1.03. The van der Waals surface area contributed by atoms with Crippen LogP contribution in [0.1, 0.15) is 87.5 Å². The smallest absolute Gasteiger partial charge is 0.308 e. The molecule has 0 aromatic heterocycles. The first kappa shape index (κ1) is 32.6. The number of hydrogen-bond acceptors (Lipinski definition) is 6. The van der Waals surface area contributed by atoms with Gasteiger partial charge in [0.05, 0.1) is 39.3 Å². The molecule has 0 aromatic rings. The number of ketones is 1. The fraction of sp³-hybridized carbons (Fsp3) is 0.857. The van der Waals surface area contributed by atoms with Crippen molar-refractivity contribution in [2.45, 2.75) is 99.7 Å². The molecule has 0 amide bonds. The van der Waals surface area contributed by atoms with E-state index in [0.29, 0.717) is 32.2 Å². The van der Waals surface area contributed by atoms with Gasteiger partial charge in [-0.25, -0.2) is 0 Å². The second-order valence-corrected chi connectivity index (χ2v) is 16.1. The highest BCUT2D eigenvalue weighted by Gasteiger charge is 2.74. The van der Waals surface area contributed by atoms with Crippen molar-refractivity contribution in [2.24, 2.45) is 56.7 Å². The molecule has 2 bridgehead atoms. The number of esters is 1. The Hall–Kier alpha value is -1.77. The molecule has 3 N–H and O–H groups in total. The summed E-state index contributed by atoms with van der Waals surface area (Å²) in [6.45, 7) is 18.8. The van der Waals surface area contributed by atoms with E-state index in [4.69, 9.17) is 14.2 Å². The Bertz CT molecular complexity index is 1180. The normalized spacial score (nSPS) is 46.2. The Morgan fingerprint density at radius 3 is 2.42 bits per heavy atom. The van der Waals surface area contributed by atoms with Gasteiger partial charge in [-0.3, -0.25) is 14.4 Å². The summed E-state index contributed by atoms with van der Waals surface area (Å²) in [5.74, 6) is -1.29. The third-order valence-corrected chi connectivity index (χ3v) is 14.0. The van der Waals surface area contributed by atoms with Crippen molar-refractivity contribution in [3.8, 4) is 0 Å². The lowest BCUT2D eigenvalue weighted by atomic mass is 9.34. The number of fused-ring (bicyclic) bond motifs is 3. The number of hydrogen-bond donors (Lipinski definition) is 2. The molecule has 1 aliphatic heterocycles. The predicted octanol–water partition coefficient (Wildman–Crippen LogP) is 4.26. The number of carbonyl (C=O) groups is 3. The van der Waals surface area contributed by atoms with E-state index >= 15 is 0 Å². The number of carbonyl (C=O) groups excluding carboxylic acids is 2. The lowest BCUT2D eigenvalue weighted by Gasteiger charge is -2.70. The molecular formula is C35H56NO7+. The molecule has 1 heterocycles. The topological polar surface area (TPSA) is 116 Å². The molecular weight excluding hydrogens is 546 g/mol. The van der Waals surface area contributed by atoms with Crippen LogP contribution in [0.25, 0.3) is 0 Å². The summed E-state index contributed by atoms with van der Waals surface area (Å²) in [6, 6.07) is 0. The van der Waals surface area contributed by atoms with Crippen LogP contribution in [0.5, 0.6) is 0 Å². The van der Waals surface area contributed by atoms with Gasteiger partial charge in [0.1, 0.15) is 12.2 Å². The summed E-state index contributed by atoms with van der Waals surface area (Å²) in [4.78, 5) is 40.4. The van der Waals surface area contributed by atoms with Crippen LogP contribution in [0.4, 0.5) is 0 Å². The van der Waals surface area contributed by atoms with Crippen molar-refractivity contribution in [3.05, 3.63) is 11.6 Å². The number of quaternary nitrogens is 1. The maximum absolute atomic E-state index is 14.7. The number of likely N-dealkylation sites (N-methyl/N-ethyl adjacent to an activating group) is 1. The highest BCUT2D eigenvalue weighted by atomic mass is 16.6. The van der Waals surface area contributed by atoms with Gasteiger partial charge in [-0.2, -0.15) is 0 Å². The molecule has 242 valence electrons. The average Bonchev–Trinajstić information content (AvgIpc) is 2.91. The van der Waals surface area contributed by atoms with Gasteiger partial charge in [0, 0.05) is 23.2 Å². The van der Waals surface area contributed by atoms with E-state index in [1.807, 2.05) is 20.0 Å². The van der Waals surface area contributed by atoms with Gasteiger partial charge in [0.15, 0.2) is 5.78 Å². The zero-order valence-corrected chi connectivity index (χ0v) is 28.0. The molecule has 11 atom stereocenters. The number of allylic oxidation sites excluding steroid dienone is 1. The van der Waals surface area contributed by atoms with Gasteiger partial charge < -0.3 is 24.6 Å². The third kappa shape index (κ3) is 4.43. The van der Waals surface area contributed by atoms with E-state index in [2.05, 4.69) is 46.9 Å². The lowest BCUT2D eigenvalue weighted by molar-refractivity contribution is -0.629. The van der Waals surface area contributed by atoms with E-state index in [0.717, 1.165) is 37.8 Å². The number of carboxylic acid groups (broad SMARTS) is 1. The largest absolute Gasteiger partial charge is 0.481 e. The van der Waals surface area contributed by atoms with Gasteiger partial charge in [-0.1, -0.05) is 54.0 Å². The summed E-state index contributed by atoms with van der Waals surface area (Å²) in [7, 11) is 2.01. The maximum Gasteiger partial charge on any atom is 0.308 e. The number of nitrogens with two attached hydrogens (primary N) is 1. The Labute approximate surface area is 258 Å². The van der Waals surface area contributed by atoms with Crippen molar-refractivity contribution in [1.82, 2.24) is 0 Å². The molecule has 0 radical (unpaired) electrons. The first-order chi connectivity index (χ1) is 20.0. The Balaban J connectivity index is 1.63. The van der Waals surface area contributed by atoms with Crippen LogP contribution in [0.2, 0.25) is 0 Å². The second kappa shape index (κ2) is 10.9. The summed E-state index contributed by atoms with van der Waals surface area (Å²) < 4.78 is 19.0. The zero-order chi connectivity index (χ0) is 31.8. The highest BCUT2D eigenvalue weighted by molar-refractivity contribution is 6.00. The zero-order valence-electron chi connectivity index (χ0n) is 28.0. The Kier molecular flexibility index (Phi) is 8.30. The Morgan fingerprint density at radius 1 is 1.12 bits per heavy atom. The second-order valence-electron chi connectivity index (χ2n) is 16.1. The molecule has 3 saturated carbocycles. The standard InChI is InChI=1S/C35H55NO7/c1-20(2)21(3)31(5)12-13-33(7)23-10-11-26-32(6)18-41-19-35(26,17-25(43-22(4)37)29(32)42-15-14-36-9)24(23)16-27(38)34(33,8)28(31)30(39)40/h16,20-21,23,25-26,28-29,36H,10-15,17-19H2,1-9H3,(H,39,40)/p+1/t21-,23+,25-,26+,28-,29+,31-,32+,33-,34+,35+/m1/s1. The van der Waals surface area contributed by atoms with Gasteiger partial charge in [0.25, 0.3) is 0 Å². The highest BCUT2D eigenvalue weighted by Crippen LogP contribution is 2.74. The molecule has 0 spiro atoms. The third-order valence-electron chi connectivity index (χ3n) is 14.0. The molecule has 43 heavy (non-hydrogen) atoms. The minimum absolute atomic E-state index is 0.0567. The number of ether oxygens (including phenoxy) is 3. The molecule has 4 fully saturated rings. The fourth-order valence-electron chi connectivity index (χ4n) is 11.3. The van der Waals surface area contributed by atoms with E-state index in [-0.39, 0.29) is 41.0 Å². The summed E-state index contributed by atoms with van der Waals surface area (Å²) in [5.41, 5.74) is -1.77. The van der Waals surface area contributed by atoms with Crippen LogP contribution in [0.15, 0.2) is 11.6 Å². The predicted molar refractivity (Wildman–Crippen MR) is 162 cm³/mol. The van der Waals surface area contributed by atoms with E-state index in [1.54, 1.807) is 0 Å². The van der Waals surface area contributed by atoms with Crippen molar-refractivity contribution < 1.29 is 39.0 Å². The minimum Gasteiger partial charge on any atom is -0.481 e. The molecule has 1 saturated heterocycles. The molecule has 5 aliphatic rings. The number of aliphatic carboxylic acids is 1. The first-order valence-corrected chi connectivity index (χ1v) is 16.7. The lowest BCUT2D eigenvalue weighted by Crippen LogP contribution is -2.81. The van der Waals surface area contributed by atoms with Crippen LogP contribution in [-0.4, -0.2) is 68.4 Å². The summed E-state index contributed by atoms with van der Waals surface area (Å²) in [6.07, 6.45) is 5.11. The van der Waals surface area contributed by atoms with Crippen LogP contribution in [-0.2, 0) is 28.6 Å².